The molecule has 0 bridgehead atoms. The molecule has 1 saturated heterocycles. The first kappa shape index (κ1) is 15.5. The molecule has 126 valence electrons. The van der Waals surface area contributed by atoms with Crippen molar-refractivity contribution in [2.45, 2.75) is 42.8 Å². The van der Waals surface area contributed by atoms with Gasteiger partial charge < -0.3 is 9.15 Å². The molecule has 1 aliphatic rings. The number of aromatic nitrogens is 4. The van der Waals surface area contributed by atoms with Gasteiger partial charge in [-0.1, -0.05) is 23.9 Å². The van der Waals surface area contributed by atoms with E-state index in [2.05, 4.69) is 15.2 Å². The number of nitrogens with zero attached hydrogens (tertiary/aromatic N) is 3. The highest BCUT2D eigenvalue weighted by Gasteiger charge is 2.22. The number of aromatic amines is 1. The lowest BCUT2D eigenvalue weighted by Gasteiger charge is -2.12. The number of ether oxygens (including phenoxy) is 1. The first-order valence-corrected chi connectivity index (χ1v) is 8.87. The minimum atomic E-state index is -0.210. The van der Waals surface area contributed by atoms with Crippen LogP contribution in [0.3, 0.4) is 0 Å². The third-order valence-electron chi connectivity index (χ3n) is 4.07. The number of rotatable bonds is 5. The third kappa shape index (κ3) is 2.99. The molecule has 0 aliphatic carbocycles. The molecule has 3 aromatic rings. The van der Waals surface area contributed by atoms with Crippen molar-refractivity contribution < 1.29 is 9.15 Å². The maximum atomic E-state index is 12.0. The number of fused-ring (bicyclic) bond motifs is 1. The van der Waals surface area contributed by atoms with Crippen LogP contribution in [0.15, 0.2) is 38.6 Å². The van der Waals surface area contributed by atoms with E-state index in [9.17, 15) is 4.79 Å². The van der Waals surface area contributed by atoms with Crippen LogP contribution in [-0.4, -0.2) is 32.5 Å². The number of thioether (sulfide) groups is 1. The fraction of sp³-hybridized carbons (Fsp3) is 0.438. The Bertz CT molecular complexity index is 861. The van der Waals surface area contributed by atoms with Gasteiger partial charge in [-0.05, 0) is 31.9 Å². The number of hydrogen-bond donors (Lipinski definition) is 1. The Balaban J connectivity index is 1.55. The quantitative estimate of drug-likeness (QED) is 0.715. The van der Waals surface area contributed by atoms with Crippen molar-refractivity contribution in [3.63, 3.8) is 0 Å². The Morgan fingerprint density at radius 3 is 3.12 bits per heavy atom. The van der Waals surface area contributed by atoms with Crippen molar-refractivity contribution in [1.29, 1.82) is 0 Å². The topological polar surface area (TPSA) is 85.9 Å². The van der Waals surface area contributed by atoms with Crippen LogP contribution in [0.25, 0.3) is 11.1 Å². The molecule has 24 heavy (non-hydrogen) atoms. The molecule has 2 aromatic heterocycles. The summed E-state index contributed by atoms with van der Waals surface area (Å²) in [7, 11) is 0. The summed E-state index contributed by atoms with van der Waals surface area (Å²) in [6.07, 6.45) is 2.10. The van der Waals surface area contributed by atoms with Crippen molar-refractivity contribution in [2.75, 3.05) is 6.61 Å². The van der Waals surface area contributed by atoms with Gasteiger partial charge in [0.15, 0.2) is 10.7 Å². The Morgan fingerprint density at radius 1 is 1.46 bits per heavy atom. The minimum Gasteiger partial charge on any atom is -0.439 e. The highest BCUT2D eigenvalue weighted by atomic mass is 32.2. The van der Waals surface area contributed by atoms with E-state index in [0.717, 1.165) is 30.5 Å². The maximum Gasteiger partial charge on any atom is 0.344 e. The summed E-state index contributed by atoms with van der Waals surface area (Å²) in [5, 5.41) is 7.24. The first-order chi connectivity index (χ1) is 11.7. The summed E-state index contributed by atoms with van der Waals surface area (Å²) in [6, 6.07) is 7.66. The summed E-state index contributed by atoms with van der Waals surface area (Å²) in [6.45, 7) is 3.28. The molecule has 1 N–H and O–H groups in total. The van der Waals surface area contributed by atoms with E-state index in [-0.39, 0.29) is 17.0 Å². The number of hydrogen-bond acceptors (Lipinski definition) is 6. The molecule has 0 radical (unpaired) electrons. The second kappa shape index (κ2) is 6.45. The van der Waals surface area contributed by atoms with Crippen LogP contribution < -0.4 is 5.69 Å². The average Bonchev–Trinajstić information content (AvgIpc) is 3.30. The van der Waals surface area contributed by atoms with Gasteiger partial charge in [-0.3, -0.25) is 4.57 Å². The van der Waals surface area contributed by atoms with Gasteiger partial charge in [0.1, 0.15) is 5.52 Å². The molecule has 1 fully saturated rings. The lowest BCUT2D eigenvalue weighted by Crippen LogP contribution is -2.25. The van der Waals surface area contributed by atoms with Gasteiger partial charge in [0.05, 0.1) is 17.9 Å². The van der Waals surface area contributed by atoms with Crippen molar-refractivity contribution >= 4 is 22.9 Å². The van der Waals surface area contributed by atoms with Gasteiger partial charge >= 0.3 is 5.69 Å². The molecule has 0 spiro atoms. The van der Waals surface area contributed by atoms with Crippen LogP contribution in [0.1, 0.15) is 30.9 Å². The van der Waals surface area contributed by atoms with Crippen LogP contribution in [0, 0.1) is 0 Å². The van der Waals surface area contributed by atoms with Gasteiger partial charge in [0, 0.05) is 6.61 Å². The number of para-hydroxylation sites is 2. The number of oxazole rings is 1. The van der Waals surface area contributed by atoms with Gasteiger partial charge in [-0.15, -0.1) is 5.10 Å². The lowest BCUT2D eigenvalue weighted by atomic mass is 10.2. The zero-order valence-electron chi connectivity index (χ0n) is 13.3. The number of benzene rings is 1. The monoisotopic (exact) mass is 346 g/mol. The van der Waals surface area contributed by atoms with Crippen LogP contribution >= 0.6 is 11.8 Å². The van der Waals surface area contributed by atoms with Crippen LogP contribution in [0.2, 0.25) is 0 Å². The molecule has 3 heterocycles. The molecule has 0 unspecified atom stereocenters. The summed E-state index contributed by atoms with van der Waals surface area (Å²) in [4.78, 5) is 16.5. The van der Waals surface area contributed by atoms with E-state index in [1.54, 1.807) is 4.57 Å². The van der Waals surface area contributed by atoms with Crippen LogP contribution in [0.5, 0.6) is 0 Å². The Hall–Kier alpha value is -2.06. The summed E-state index contributed by atoms with van der Waals surface area (Å²) >= 11 is 1.45. The van der Waals surface area contributed by atoms with Crippen molar-refractivity contribution in [3.8, 4) is 0 Å². The minimum absolute atomic E-state index is 0.0594. The number of nitrogens with one attached hydrogen (secondary N) is 1. The van der Waals surface area contributed by atoms with E-state index < -0.39 is 0 Å². The zero-order valence-corrected chi connectivity index (χ0v) is 14.1. The maximum absolute atomic E-state index is 12.0. The molecule has 4 rings (SSSR count). The smallest absolute Gasteiger partial charge is 0.344 e. The molecule has 7 nitrogen and oxygen atoms in total. The second-order valence-electron chi connectivity index (χ2n) is 5.84. The summed E-state index contributed by atoms with van der Waals surface area (Å²) < 4.78 is 13.1. The standard InChI is InChI=1S/C16H18N4O3S/c1-10(14-17-12-6-2-3-7-13(12)23-14)24-16-19-18-15(21)20(16)9-11-5-4-8-22-11/h2-3,6-7,10-11H,4-5,8-9H2,1H3,(H,18,21)/t10-,11-/m0/s1. The molecule has 0 amide bonds. The van der Waals surface area contributed by atoms with E-state index >= 15 is 0 Å². The van der Waals surface area contributed by atoms with Crippen LogP contribution in [0.4, 0.5) is 0 Å². The van der Waals surface area contributed by atoms with Gasteiger partial charge in [0.25, 0.3) is 0 Å². The average molecular weight is 346 g/mol. The fourth-order valence-electron chi connectivity index (χ4n) is 2.82. The lowest BCUT2D eigenvalue weighted by molar-refractivity contribution is 0.0941. The normalized spacial score (nSPS) is 19.1. The van der Waals surface area contributed by atoms with Crippen molar-refractivity contribution in [3.05, 3.63) is 40.6 Å². The molecule has 1 aromatic carbocycles. The highest BCUT2D eigenvalue weighted by molar-refractivity contribution is 7.99. The van der Waals surface area contributed by atoms with Gasteiger partial charge in [0.2, 0.25) is 5.89 Å². The molecule has 2 atom stereocenters. The van der Waals surface area contributed by atoms with Crippen molar-refractivity contribution in [2.24, 2.45) is 0 Å². The van der Waals surface area contributed by atoms with Crippen LogP contribution in [-0.2, 0) is 11.3 Å². The molecule has 0 saturated carbocycles. The van der Waals surface area contributed by atoms with Crippen molar-refractivity contribution in [1.82, 2.24) is 19.7 Å². The third-order valence-corrected chi connectivity index (χ3v) is 5.15. The fourth-order valence-corrected chi connectivity index (χ4v) is 3.72. The molecule has 1 aliphatic heterocycles. The summed E-state index contributed by atoms with van der Waals surface area (Å²) in [5.74, 6) is 0.625. The first-order valence-electron chi connectivity index (χ1n) is 7.99. The van der Waals surface area contributed by atoms with E-state index in [0.29, 0.717) is 17.6 Å². The SMILES string of the molecule is C[C@H](Sc1n[nH]c(=O)n1C[C@@H]1CCCO1)c1nc2ccccc2o1. The second-order valence-corrected chi connectivity index (χ2v) is 7.14. The van der Waals surface area contributed by atoms with E-state index in [4.69, 9.17) is 9.15 Å². The number of H-pyrrole nitrogens is 1. The molecular formula is C16H18N4O3S. The predicted molar refractivity (Wildman–Crippen MR) is 90.1 cm³/mol. The predicted octanol–water partition coefficient (Wildman–Crippen LogP) is 2.74. The van der Waals surface area contributed by atoms with Gasteiger partial charge in [-0.25, -0.2) is 14.9 Å². The molecular weight excluding hydrogens is 328 g/mol. The zero-order chi connectivity index (χ0) is 16.5. The van der Waals surface area contributed by atoms with Gasteiger partial charge in [-0.2, -0.15) is 0 Å². The van der Waals surface area contributed by atoms with E-state index in [1.165, 1.54) is 11.8 Å². The molecule has 8 heteroatoms. The van der Waals surface area contributed by atoms with E-state index in [1.807, 2.05) is 31.2 Å². The largest absolute Gasteiger partial charge is 0.439 e. The highest BCUT2D eigenvalue weighted by Crippen LogP contribution is 2.34. The Labute approximate surface area is 142 Å². The Morgan fingerprint density at radius 2 is 2.33 bits per heavy atom. The summed E-state index contributed by atoms with van der Waals surface area (Å²) in [5.41, 5.74) is 1.38. The Kier molecular flexibility index (Phi) is 4.15.